The highest BCUT2D eigenvalue weighted by molar-refractivity contribution is 5.89. The molecule has 0 aliphatic carbocycles. The maximum atomic E-state index is 11.4. The Bertz CT molecular complexity index is 627. The molecule has 0 N–H and O–H groups in total. The predicted octanol–water partition coefficient (Wildman–Crippen LogP) is 1.62. The smallest absolute Gasteiger partial charge is 0.346 e. The van der Waals surface area contributed by atoms with Crippen LogP contribution in [0, 0.1) is 0 Å². The number of rotatable bonds is 3. The zero-order valence-electron chi connectivity index (χ0n) is 9.35. The monoisotopic (exact) mass is 234 g/mol. The third-order valence-electron chi connectivity index (χ3n) is 2.40. The second-order valence-corrected chi connectivity index (χ2v) is 3.35. The van der Waals surface area contributed by atoms with Crippen molar-refractivity contribution in [1.82, 2.24) is 0 Å². The van der Waals surface area contributed by atoms with E-state index in [1.807, 2.05) is 0 Å². The lowest BCUT2D eigenvalue weighted by molar-refractivity contribution is 0.112. The lowest BCUT2D eigenvalue weighted by Crippen LogP contribution is -2.06. The quantitative estimate of drug-likeness (QED) is 0.596. The molecular formula is C12H10O5. The number of aldehydes is 1. The van der Waals surface area contributed by atoms with Gasteiger partial charge in [0.15, 0.2) is 6.29 Å². The van der Waals surface area contributed by atoms with Crippen molar-refractivity contribution in [2.24, 2.45) is 0 Å². The Morgan fingerprint density at radius 2 is 1.94 bits per heavy atom. The maximum absolute atomic E-state index is 11.4. The summed E-state index contributed by atoms with van der Waals surface area (Å²) in [6.07, 6.45) is 0.453. The molecule has 5 nitrogen and oxygen atoms in total. The van der Waals surface area contributed by atoms with Gasteiger partial charge in [-0.3, -0.25) is 4.79 Å². The van der Waals surface area contributed by atoms with E-state index < -0.39 is 5.63 Å². The van der Waals surface area contributed by atoms with Gasteiger partial charge in [0.1, 0.15) is 22.6 Å². The molecule has 0 radical (unpaired) electrons. The van der Waals surface area contributed by atoms with Gasteiger partial charge in [-0.1, -0.05) is 0 Å². The summed E-state index contributed by atoms with van der Waals surface area (Å²) in [4.78, 5) is 22.1. The zero-order chi connectivity index (χ0) is 12.4. The van der Waals surface area contributed by atoms with E-state index in [1.165, 1.54) is 20.3 Å². The van der Waals surface area contributed by atoms with Crippen molar-refractivity contribution >= 4 is 17.3 Å². The van der Waals surface area contributed by atoms with Crippen molar-refractivity contribution in [2.45, 2.75) is 0 Å². The van der Waals surface area contributed by atoms with Crippen LogP contribution in [0.5, 0.6) is 11.5 Å². The molecule has 17 heavy (non-hydrogen) atoms. The van der Waals surface area contributed by atoms with Crippen LogP contribution in [0.2, 0.25) is 0 Å². The first-order valence-corrected chi connectivity index (χ1v) is 4.84. The highest BCUT2D eigenvalue weighted by Gasteiger charge is 2.10. The molecule has 2 aromatic rings. The summed E-state index contributed by atoms with van der Waals surface area (Å²) in [5, 5.41) is 0.551. The summed E-state index contributed by atoms with van der Waals surface area (Å²) in [6, 6.07) is 4.65. The molecule has 0 unspecified atom stereocenters. The van der Waals surface area contributed by atoms with Gasteiger partial charge in [0.25, 0.3) is 0 Å². The third-order valence-corrected chi connectivity index (χ3v) is 2.40. The van der Waals surface area contributed by atoms with Crippen molar-refractivity contribution in [3.63, 3.8) is 0 Å². The molecule has 0 atom stereocenters. The Hall–Kier alpha value is -2.30. The molecule has 0 amide bonds. The van der Waals surface area contributed by atoms with E-state index in [4.69, 9.17) is 13.9 Å². The Kier molecular flexibility index (Phi) is 2.82. The molecule has 88 valence electrons. The van der Waals surface area contributed by atoms with Gasteiger partial charge in [-0.2, -0.15) is 0 Å². The second kappa shape index (κ2) is 4.29. The summed E-state index contributed by atoms with van der Waals surface area (Å²) in [6.45, 7) is 0. The molecule has 2 rings (SSSR count). The van der Waals surface area contributed by atoms with Crippen molar-refractivity contribution in [1.29, 1.82) is 0 Å². The minimum atomic E-state index is -0.678. The van der Waals surface area contributed by atoms with Crippen LogP contribution >= 0.6 is 0 Å². The van der Waals surface area contributed by atoms with Crippen LogP contribution in [0.4, 0.5) is 0 Å². The van der Waals surface area contributed by atoms with Crippen molar-refractivity contribution in [3.8, 4) is 11.5 Å². The average molecular weight is 234 g/mol. The fraction of sp³-hybridized carbons (Fsp3) is 0.167. The summed E-state index contributed by atoms with van der Waals surface area (Å²) in [7, 11) is 2.98. The van der Waals surface area contributed by atoms with E-state index in [2.05, 4.69) is 0 Å². The first-order chi connectivity index (χ1) is 8.19. The number of carbonyl (C=O) groups is 1. The fourth-order valence-corrected chi connectivity index (χ4v) is 1.55. The largest absolute Gasteiger partial charge is 0.496 e. The van der Waals surface area contributed by atoms with Gasteiger partial charge in [0, 0.05) is 12.1 Å². The maximum Gasteiger partial charge on any atom is 0.346 e. The standard InChI is InChI=1S/C12H10O5/c1-15-8-4-10(16-2)9-3-7(6-13)12(14)17-11(9)5-8/h3-6H,1-2H3. The van der Waals surface area contributed by atoms with Gasteiger partial charge in [-0.05, 0) is 6.07 Å². The molecule has 0 bridgehead atoms. The van der Waals surface area contributed by atoms with Gasteiger partial charge in [-0.15, -0.1) is 0 Å². The van der Waals surface area contributed by atoms with Gasteiger partial charge in [-0.25, -0.2) is 4.79 Å². The Labute approximate surface area is 96.6 Å². The number of hydrogen-bond donors (Lipinski definition) is 0. The van der Waals surface area contributed by atoms with Crippen molar-refractivity contribution in [2.75, 3.05) is 14.2 Å². The van der Waals surface area contributed by atoms with E-state index in [1.54, 1.807) is 12.1 Å². The van der Waals surface area contributed by atoms with Crippen molar-refractivity contribution in [3.05, 3.63) is 34.2 Å². The van der Waals surface area contributed by atoms with E-state index in [9.17, 15) is 9.59 Å². The minimum Gasteiger partial charge on any atom is -0.496 e. The van der Waals surface area contributed by atoms with Gasteiger partial charge < -0.3 is 13.9 Å². The Morgan fingerprint density at radius 1 is 1.18 bits per heavy atom. The van der Waals surface area contributed by atoms with E-state index >= 15 is 0 Å². The van der Waals surface area contributed by atoms with Gasteiger partial charge >= 0.3 is 5.63 Å². The van der Waals surface area contributed by atoms with Crippen LogP contribution < -0.4 is 15.1 Å². The third kappa shape index (κ3) is 1.87. The van der Waals surface area contributed by atoms with E-state index in [0.717, 1.165) is 0 Å². The number of methoxy groups -OCH3 is 2. The normalized spacial score (nSPS) is 10.2. The number of carbonyl (C=O) groups excluding carboxylic acids is 1. The highest BCUT2D eigenvalue weighted by Crippen LogP contribution is 2.30. The molecule has 1 aromatic heterocycles. The fourth-order valence-electron chi connectivity index (χ4n) is 1.55. The highest BCUT2D eigenvalue weighted by atomic mass is 16.5. The molecule has 1 heterocycles. The van der Waals surface area contributed by atoms with E-state index in [0.29, 0.717) is 28.8 Å². The molecule has 0 saturated carbocycles. The predicted molar refractivity (Wildman–Crippen MR) is 61.0 cm³/mol. The molecule has 0 aliphatic rings. The molecule has 0 spiro atoms. The lowest BCUT2D eigenvalue weighted by atomic mass is 10.1. The number of ether oxygens (including phenoxy) is 2. The molecule has 1 aromatic carbocycles. The molecule has 0 aliphatic heterocycles. The molecule has 5 heteroatoms. The lowest BCUT2D eigenvalue weighted by Gasteiger charge is -2.07. The zero-order valence-corrected chi connectivity index (χ0v) is 9.35. The van der Waals surface area contributed by atoms with Crippen LogP contribution in [0.1, 0.15) is 10.4 Å². The van der Waals surface area contributed by atoms with Crippen LogP contribution in [-0.4, -0.2) is 20.5 Å². The van der Waals surface area contributed by atoms with Crippen LogP contribution in [0.25, 0.3) is 11.0 Å². The second-order valence-electron chi connectivity index (χ2n) is 3.35. The number of benzene rings is 1. The van der Waals surface area contributed by atoms with Crippen molar-refractivity contribution < 1.29 is 18.7 Å². The van der Waals surface area contributed by atoms with E-state index in [-0.39, 0.29) is 5.56 Å². The summed E-state index contributed by atoms with van der Waals surface area (Å²) in [5.41, 5.74) is -0.402. The van der Waals surface area contributed by atoms with Gasteiger partial charge in [0.2, 0.25) is 0 Å². The summed E-state index contributed by atoms with van der Waals surface area (Å²) in [5.74, 6) is 0.988. The Morgan fingerprint density at radius 3 is 2.53 bits per heavy atom. The number of hydrogen-bond acceptors (Lipinski definition) is 5. The first kappa shape index (κ1) is 11.2. The van der Waals surface area contributed by atoms with Gasteiger partial charge in [0.05, 0.1) is 19.6 Å². The SMILES string of the molecule is COc1cc(OC)c2cc(C=O)c(=O)oc2c1. The Balaban J connectivity index is 2.84. The van der Waals surface area contributed by atoms with Crippen LogP contribution in [-0.2, 0) is 0 Å². The minimum absolute atomic E-state index is 0.0408. The molecule has 0 fully saturated rings. The topological polar surface area (TPSA) is 65.7 Å². The van der Waals surface area contributed by atoms with Crippen LogP contribution in [0.3, 0.4) is 0 Å². The summed E-state index contributed by atoms with van der Waals surface area (Å²) >= 11 is 0. The molecular weight excluding hydrogens is 224 g/mol. The molecule has 0 saturated heterocycles. The average Bonchev–Trinajstić information content (AvgIpc) is 2.36. The first-order valence-electron chi connectivity index (χ1n) is 4.84. The number of fused-ring (bicyclic) bond motifs is 1. The summed E-state index contributed by atoms with van der Waals surface area (Å²) < 4.78 is 15.2. The van der Waals surface area contributed by atoms with Crippen LogP contribution in [0.15, 0.2) is 27.4 Å².